The zero-order valence-electron chi connectivity index (χ0n) is 13.6. The van der Waals surface area contributed by atoms with Crippen LogP contribution in [0.15, 0.2) is 18.2 Å². The Kier molecular flexibility index (Phi) is 5.41. The van der Waals surface area contributed by atoms with Gasteiger partial charge in [0, 0.05) is 25.8 Å². The first-order chi connectivity index (χ1) is 11.7. The highest BCUT2D eigenvalue weighted by molar-refractivity contribution is 6.04. The molecule has 0 aromatic heterocycles. The Hall–Kier alpha value is -2.90. The monoisotopic (exact) mass is 350 g/mol. The molecule has 8 heteroatoms. The Morgan fingerprint density at radius 2 is 1.76 bits per heavy atom. The average molecular weight is 350 g/mol. The van der Waals surface area contributed by atoms with Gasteiger partial charge in [-0.05, 0) is 25.0 Å². The minimum absolute atomic E-state index is 0.0143. The fourth-order valence-corrected chi connectivity index (χ4v) is 2.80. The molecule has 8 nitrogen and oxygen atoms in total. The van der Waals surface area contributed by atoms with E-state index < -0.39 is 23.3 Å². The lowest BCUT2D eigenvalue weighted by Crippen LogP contribution is -2.42. The van der Waals surface area contributed by atoms with Crippen LogP contribution in [0.5, 0.6) is 11.5 Å². The maximum absolute atomic E-state index is 12.9. The molecule has 1 heterocycles. The molecule has 2 N–H and O–H groups in total. The first-order valence-electron chi connectivity index (χ1n) is 7.67. The van der Waals surface area contributed by atoms with Crippen LogP contribution in [0.2, 0.25) is 0 Å². The lowest BCUT2D eigenvalue weighted by atomic mass is 9.72. The van der Waals surface area contributed by atoms with Crippen molar-refractivity contribution in [1.82, 2.24) is 0 Å². The number of esters is 1. The SMILES string of the molecule is CC(=O)Oc1ccc2c(c1)OCC(CCC(=O)O)(CCC(=O)O)C2=O. The molecule has 1 aliphatic rings. The van der Waals surface area contributed by atoms with Gasteiger partial charge in [0.1, 0.15) is 18.1 Å². The summed E-state index contributed by atoms with van der Waals surface area (Å²) in [5, 5.41) is 17.8. The van der Waals surface area contributed by atoms with Crippen molar-refractivity contribution >= 4 is 23.7 Å². The van der Waals surface area contributed by atoms with Gasteiger partial charge in [-0.25, -0.2) is 0 Å². The van der Waals surface area contributed by atoms with Gasteiger partial charge in [-0.2, -0.15) is 0 Å². The van der Waals surface area contributed by atoms with E-state index in [1.54, 1.807) is 0 Å². The minimum Gasteiger partial charge on any atom is -0.492 e. The van der Waals surface area contributed by atoms with Crippen LogP contribution in [0, 0.1) is 5.41 Å². The van der Waals surface area contributed by atoms with Gasteiger partial charge in [-0.1, -0.05) is 0 Å². The van der Waals surface area contributed by atoms with Crippen LogP contribution in [0.3, 0.4) is 0 Å². The number of carbonyl (C=O) groups is 4. The number of benzene rings is 1. The van der Waals surface area contributed by atoms with Gasteiger partial charge >= 0.3 is 17.9 Å². The number of carboxylic acid groups (broad SMARTS) is 2. The highest BCUT2D eigenvalue weighted by Gasteiger charge is 2.44. The number of Topliss-reactive ketones (excluding diaryl/α,β-unsaturated/α-hetero) is 1. The zero-order chi connectivity index (χ0) is 18.6. The zero-order valence-corrected chi connectivity index (χ0v) is 13.6. The molecule has 134 valence electrons. The molecular weight excluding hydrogens is 332 g/mol. The van der Waals surface area contributed by atoms with Gasteiger partial charge in [0.05, 0.1) is 11.0 Å². The van der Waals surface area contributed by atoms with E-state index in [1.807, 2.05) is 0 Å². The normalized spacial score (nSPS) is 15.0. The molecule has 1 aromatic rings. The first-order valence-corrected chi connectivity index (χ1v) is 7.67. The van der Waals surface area contributed by atoms with E-state index in [0.29, 0.717) is 0 Å². The Morgan fingerprint density at radius 3 is 2.28 bits per heavy atom. The molecule has 0 radical (unpaired) electrons. The fraction of sp³-hybridized carbons (Fsp3) is 0.412. The van der Waals surface area contributed by atoms with Gasteiger partial charge in [0.25, 0.3) is 0 Å². The summed E-state index contributed by atoms with van der Waals surface area (Å²) >= 11 is 0. The quantitative estimate of drug-likeness (QED) is 0.564. The smallest absolute Gasteiger partial charge is 0.308 e. The van der Waals surface area contributed by atoms with Gasteiger partial charge < -0.3 is 19.7 Å². The molecule has 0 spiro atoms. The molecule has 0 saturated carbocycles. The number of hydrogen-bond donors (Lipinski definition) is 2. The third-order valence-corrected chi connectivity index (χ3v) is 4.08. The third-order valence-electron chi connectivity index (χ3n) is 4.08. The molecule has 0 fully saturated rings. The molecule has 1 aromatic carbocycles. The lowest BCUT2D eigenvalue weighted by molar-refractivity contribution is -0.138. The Bertz CT molecular complexity index is 703. The molecule has 25 heavy (non-hydrogen) atoms. The van der Waals surface area contributed by atoms with Crippen molar-refractivity contribution in [3.05, 3.63) is 23.8 Å². The van der Waals surface area contributed by atoms with Crippen LogP contribution in [0.4, 0.5) is 0 Å². The van der Waals surface area contributed by atoms with Crippen molar-refractivity contribution in [2.24, 2.45) is 5.41 Å². The summed E-state index contributed by atoms with van der Waals surface area (Å²) in [7, 11) is 0. The highest BCUT2D eigenvalue weighted by Crippen LogP contribution is 2.42. The molecule has 0 atom stereocenters. The first kappa shape index (κ1) is 18.4. The summed E-state index contributed by atoms with van der Waals surface area (Å²) in [6.45, 7) is 1.12. The third kappa shape index (κ3) is 4.34. The van der Waals surface area contributed by atoms with Crippen LogP contribution in [-0.4, -0.2) is 40.5 Å². The number of ether oxygens (including phenoxy) is 2. The molecule has 0 aliphatic carbocycles. The number of fused-ring (bicyclic) bond motifs is 1. The topological polar surface area (TPSA) is 127 Å². The van der Waals surface area contributed by atoms with Crippen molar-refractivity contribution < 1.29 is 38.9 Å². The van der Waals surface area contributed by atoms with Gasteiger partial charge in [-0.15, -0.1) is 0 Å². The van der Waals surface area contributed by atoms with E-state index in [4.69, 9.17) is 19.7 Å². The second-order valence-electron chi connectivity index (χ2n) is 5.94. The summed E-state index contributed by atoms with van der Waals surface area (Å²) in [6, 6.07) is 4.28. The van der Waals surface area contributed by atoms with Crippen LogP contribution >= 0.6 is 0 Å². The van der Waals surface area contributed by atoms with Crippen molar-refractivity contribution in [2.75, 3.05) is 6.61 Å². The second kappa shape index (κ2) is 7.33. The number of hydrogen-bond acceptors (Lipinski definition) is 6. The summed E-state index contributed by atoms with van der Waals surface area (Å²) in [5.41, 5.74) is -0.981. The van der Waals surface area contributed by atoms with Crippen molar-refractivity contribution in [1.29, 1.82) is 0 Å². The van der Waals surface area contributed by atoms with Gasteiger partial charge in [0.15, 0.2) is 5.78 Å². The lowest BCUT2D eigenvalue weighted by Gasteiger charge is -2.36. The Balaban J connectivity index is 2.31. The van der Waals surface area contributed by atoms with Crippen LogP contribution < -0.4 is 9.47 Å². The second-order valence-corrected chi connectivity index (χ2v) is 5.94. The van der Waals surface area contributed by atoms with Crippen molar-refractivity contribution in [2.45, 2.75) is 32.6 Å². The molecule has 2 rings (SSSR count). The summed E-state index contributed by atoms with van der Waals surface area (Å²) in [4.78, 5) is 45.7. The number of carbonyl (C=O) groups excluding carboxylic acids is 2. The van der Waals surface area contributed by atoms with Crippen LogP contribution in [-0.2, 0) is 14.4 Å². The molecular formula is C17H18O8. The van der Waals surface area contributed by atoms with Gasteiger partial charge in [0.2, 0.25) is 0 Å². The highest BCUT2D eigenvalue weighted by atomic mass is 16.5. The molecule has 0 saturated heterocycles. The van der Waals surface area contributed by atoms with Crippen LogP contribution in [0.25, 0.3) is 0 Å². The minimum atomic E-state index is -1.20. The largest absolute Gasteiger partial charge is 0.492 e. The molecule has 0 unspecified atom stereocenters. The van der Waals surface area contributed by atoms with E-state index in [0.717, 1.165) is 0 Å². The van der Waals surface area contributed by atoms with E-state index >= 15 is 0 Å². The van der Waals surface area contributed by atoms with E-state index in [1.165, 1.54) is 25.1 Å². The molecule has 0 amide bonds. The maximum atomic E-state index is 12.9. The van der Waals surface area contributed by atoms with E-state index in [2.05, 4.69) is 0 Å². The van der Waals surface area contributed by atoms with Crippen LogP contribution in [0.1, 0.15) is 43.0 Å². The Labute approximate surface area is 143 Å². The van der Waals surface area contributed by atoms with Gasteiger partial charge in [-0.3, -0.25) is 19.2 Å². The van der Waals surface area contributed by atoms with E-state index in [9.17, 15) is 19.2 Å². The maximum Gasteiger partial charge on any atom is 0.308 e. The number of aliphatic carboxylic acids is 2. The standard InChI is InChI=1S/C17H18O8/c1-10(18)25-11-2-3-12-13(8-11)24-9-17(16(12)23,6-4-14(19)20)7-5-15(21)22/h2-3,8H,4-7,9H2,1H3,(H,19,20)(H,21,22). The van der Waals surface area contributed by atoms with Crippen molar-refractivity contribution in [3.8, 4) is 11.5 Å². The Morgan fingerprint density at radius 1 is 1.16 bits per heavy atom. The van der Waals surface area contributed by atoms with Crippen molar-refractivity contribution in [3.63, 3.8) is 0 Å². The number of carboxylic acids is 2. The average Bonchev–Trinajstić information content (AvgIpc) is 2.53. The molecule has 0 bridgehead atoms. The summed E-state index contributed by atoms with van der Waals surface area (Å²) < 4.78 is 10.5. The predicted octanol–water partition coefficient (Wildman–Crippen LogP) is 1.90. The van der Waals surface area contributed by atoms with E-state index in [-0.39, 0.29) is 55.1 Å². The molecule has 1 aliphatic heterocycles. The number of rotatable bonds is 7. The number of ketones is 1. The summed E-state index contributed by atoms with van der Waals surface area (Å²) in [5.74, 6) is -2.56. The fourth-order valence-electron chi connectivity index (χ4n) is 2.80. The summed E-state index contributed by atoms with van der Waals surface area (Å²) in [6.07, 6.45) is -0.565. The predicted molar refractivity (Wildman–Crippen MR) is 83.7 cm³/mol.